The standard InChI is InChI=1S/C52H35N/c1-3-12-36(13-4-1)38-22-27-43(28-23-38)53(44-18-11-17-40(35-44)37-14-5-2-6-15-37)52-33-32-47(48-20-9-10-21-51(48)52)41-25-29-46-42(34-41)26-31-49-45-19-8-7-16-39(45)24-30-50(46)49/h1-35H. The van der Waals surface area contributed by atoms with Crippen LogP contribution in [0.3, 0.4) is 0 Å². The van der Waals surface area contributed by atoms with Gasteiger partial charge in [-0.15, -0.1) is 0 Å². The van der Waals surface area contributed by atoms with E-state index in [9.17, 15) is 0 Å². The number of hydrogen-bond acceptors (Lipinski definition) is 1. The summed E-state index contributed by atoms with van der Waals surface area (Å²) in [5.41, 5.74) is 10.6. The van der Waals surface area contributed by atoms with Crippen LogP contribution >= 0.6 is 0 Å². The van der Waals surface area contributed by atoms with Gasteiger partial charge in [0.1, 0.15) is 0 Å². The van der Waals surface area contributed by atoms with E-state index in [1.807, 2.05) is 0 Å². The molecule has 0 radical (unpaired) electrons. The molecule has 1 heteroatoms. The number of fused-ring (bicyclic) bond motifs is 6. The molecule has 0 spiro atoms. The Morgan fingerprint density at radius 3 is 1.55 bits per heavy atom. The molecule has 0 fully saturated rings. The van der Waals surface area contributed by atoms with Gasteiger partial charge >= 0.3 is 0 Å². The Bertz CT molecular complexity index is 2930. The molecule has 1 nitrogen and oxygen atoms in total. The maximum absolute atomic E-state index is 2.41. The smallest absolute Gasteiger partial charge is 0.0540 e. The van der Waals surface area contributed by atoms with Crippen molar-refractivity contribution in [3.63, 3.8) is 0 Å². The van der Waals surface area contributed by atoms with Gasteiger partial charge in [0.25, 0.3) is 0 Å². The van der Waals surface area contributed by atoms with E-state index in [1.54, 1.807) is 0 Å². The molecule has 0 aliphatic carbocycles. The molecular formula is C52H35N. The summed E-state index contributed by atoms with van der Waals surface area (Å²) in [7, 11) is 0. The highest BCUT2D eigenvalue weighted by molar-refractivity contribution is 6.18. The van der Waals surface area contributed by atoms with Gasteiger partial charge in [-0.2, -0.15) is 0 Å². The van der Waals surface area contributed by atoms with E-state index in [4.69, 9.17) is 0 Å². The Hall–Kier alpha value is -6.96. The number of anilines is 3. The van der Waals surface area contributed by atoms with E-state index in [0.29, 0.717) is 0 Å². The van der Waals surface area contributed by atoms with Crippen LogP contribution in [0.5, 0.6) is 0 Å². The molecule has 0 amide bonds. The van der Waals surface area contributed by atoms with Crippen molar-refractivity contribution in [3.05, 3.63) is 212 Å². The van der Waals surface area contributed by atoms with E-state index in [0.717, 1.165) is 17.1 Å². The van der Waals surface area contributed by atoms with Crippen LogP contribution < -0.4 is 4.90 Å². The predicted molar refractivity (Wildman–Crippen MR) is 227 cm³/mol. The number of hydrogen-bond donors (Lipinski definition) is 0. The van der Waals surface area contributed by atoms with Crippen molar-refractivity contribution in [2.45, 2.75) is 0 Å². The monoisotopic (exact) mass is 673 g/mol. The fraction of sp³-hybridized carbons (Fsp3) is 0. The van der Waals surface area contributed by atoms with E-state index >= 15 is 0 Å². The lowest BCUT2D eigenvalue weighted by atomic mass is 9.92. The van der Waals surface area contributed by atoms with Crippen molar-refractivity contribution in [2.24, 2.45) is 0 Å². The molecule has 0 bridgehead atoms. The topological polar surface area (TPSA) is 3.24 Å². The van der Waals surface area contributed by atoms with Crippen LogP contribution in [0, 0.1) is 0 Å². The summed E-state index contributed by atoms with van der Waals surface area (Å²) in [6.45, 7) is 0. The maximum Gasteiger partial charge on any atom is 0.0540 e. The molecule has 10 aromatic carbocycles. The zero-order valence-electron chi connectivity index (χ0n) is 29.2. The number of rotatable bonds is 6. The molecule has 0 atom stereocenters. The molecule has 53 heavy (non-hydrogen) atoms. The molecular weight excluding hydrogens is 639 g/mol. The van der Waals surface area contributed by atoms with Gasteiger partial charge in [-0.25, -0.2) is 0 Å². The average molecular weight is 674 g/mol. The Morgan fingerprint density at radius 2 is 0.792 bits per heavy atom. The first-order valence-corrected chi connectivity index (χ1v) is 18.3. The molecule has 248 valence electrons. The van der Waals surface area contributed by atoms with E-state index in [1.165, 1.54) is 76.5 Å². The van der Waals surface area contributed by atoms with Crippen molar-refractivity contribution in [1.82, 2.24) is 0 Å². The average Bonchev–Trinajstić information content (AvgIpc) is 3.24. The Kier molecular flexibility index (Phi) is 7.55. The highest BCUT2D eigenvalue weighted by Crippen LogP contribution is 2.44. The van der Waals surface area contributed by atoms with Crippen LogP contribution in [0.1, 0.15) is 0 Å². The predicted octanol–water partition coefficient (Wildman–Crippen LogP) is 14.8. The van der Waals surface area contributed by atoms with Crippen molar-refractivity contribution in [1.29, 1.82) is 0 Å². The summed E-state index contributed by atoms with van der Waals surface area (Å²) >= 11 is 0. The fourth-order valence-electron chi connectivity index (χ4n) is 8.04. The molecule has 0 aliphatic rings. The van der Waals surface area contributed by atoms with Crippen molar-refractivity contribution < 1.29 is 0 Å². The minimum Gasteiger partial charge on any atom is -0.310 e. The molecule has 0 aliphatic heterocycles. The molecule has 0 aromatic heterocycles. The fourth-order valence-corrected chi connectivity index (χ4v) is 8.04. The Balaban J connectivity index is 1.12. The lowest BCUT2D eigenvalue weighted by molar-refractivity contribution is 1.30. The molecule has 0 unspecified atom stereocenters. The van der Waals surface area contributed by atoms with Crippen LogP contribution in [0.2, 0.25) is 0 Å². The Morgan fingerprint density at radius 1 is 0.245 bits per heavy atom. The normalized spacial score (nSPS) is 11.4. The summed E-state index contributed by atoms with van der Waals surface area (Å²) in [4.78, 5) is 2.41. The first-order valence-electron chi connectivity index (χ1n) is 18.3. The second-order valence-electron chi connectivity index (χ2n) is 13.7. The molecule has 10 aromatic rings. The molecule has 0 heterocycles. The van der Waals surface area contributed by atoms with Gasteiger partial charge in [-0.3, -0.25) is 0 Å². The summed E-state index contributed by atoms with van der Waals surface area (Å²) in [6.07, 6.45) is 0. The lowest BCUT2D eigenvalue weighted by Crippen LogP contribution is -2.10. The van der Waals surface area contributed by atoms with Gasteiger partial charge in [0, 0.05) is 16.8 Å². The highest BCUT2D eigenvalue weighted by atomic mass is 15.1. The van der Waals surface area contributed by atoms with Crippen molar-refractivity contribution in [3.8, 4) is 33.4 Å². The minimum absolute atomic E-state index is 1.11. The van der Waals surface area contributed by atoms with Gasteiger partial charge in [0.15, 0.2) is 0 Å². The number of benzene rings is 10. The third-order valence-corrected chi connectivity index (χ3v) is 10.6. The van der Waals surface area contributed by atoms with E-state index in [-0.39, 0.29) is 0 Å². The second kappa shape index (κ2) is 13.0. The van der Waals surface area contributed by atoms with Crippen LogP contribution in [-0.4, -0.2) is 0 Å². The summed E-state index contributed by atoms with van der Waals surface area (Å²) in [5, 5.41) is 10.1. The van der Waals surface area contributed by atoms with Crippen LogP contribution in [0.4, 0.5) is 17.1 Å². The van der Waals surface area contributed by atoms with Crippen LogP contribution in [-0.2, 0) is 0 Å². The van der Waals surface area contributed by atoms with E-state index in [2.05, 4.69) is 217 Å². The highest BCUT2D eigenvalue weighted by Gasteiger charge is 2.18. The zero-order chi connectivity index (χ0) is 35.1. The number of nitrogens with zero attached hydrogens (tertiary/aromatic N) is 1. The Labute approximate surface area is 309 Å². The third-order valence-electron chi connectivity index (χ3n) is 10.6. The quantitative estimate of drug-likeness (QED) is 0.159. The first-order chi connectivity index (χ1) is 26.3. The zero-order valence-corrected chi connectivity index (χ0v) is 29.2. The summed E-state index contributed by atoms with van der Waals surface area (Å²) in [6, 6.07) is 77.2. The van der Waals surface area contributed by atoms with Crippen molar-refractivity contribution in [2.75, 3.05) is 4.90 Å². The third kappa shape index (κ3) is 5.51. The SMILES string of the molecule is c1ccc(-c2ccc(N(c3cccc(-c4ccccc4)c3)c3ccc(-c4ccc5c(ccc6c7ccccc7ccc56)c4)c4ccccc34)cc2)cc1. The second-order valence-corrected chi connectivity index (χ2v) is 13.7. The lowest BCUT2D eigenvalue weighted by Gasteiger charge is -2.28. The largest absolute Gasteiger partial charge is 0.310 e. The van der Waals surface area contributed by atoms with Crippen LogP contribution in [0.25, 0.3) is 76.5 Å². The summed E-state index contributed by atoms with van der Waals surface area (Å²) < 4.78 is 0. The summed E-state index contributed by atoms with van der Waals surface area (Å²) in [5.74, 6) is 0. The molecule has 10 rings (SSSR count). The first kappa shape index (κ1) is 30.8. The van der Waals surface area contributed by atoms with E-state index < -0.39 is 0 Å². The van der Waals surface area contributed by atoms with Gasteiger partial charge in [0.2, 0.25) is 0 Å². The maximum atomic E-state index is 2.41. The van der Waals surface area contributed by atoms with Gasteiger partial charge in [0.05, 0.1) is 5.69 Å². The van der Waals surface area contributed by atoms with Gasteiger partial charge in [-0.05, 0) is 107 Å². The van der Waals surface area contributed by atoms with Gasteiger partial charge in [-0.1, -0.05) is 176 Å². The molecule has 0 saturated heterocycles. The molecule has 0 saturated carbocycles. The molecule has 0 N–H and O–H groups in total. The minimum atomic E-state index is 1.11. The van der Waals surface area contributed by atoms with Gasteiger partial charge < -0.3 is 4.90 Å². The van der Waals surface area contributed by atoms with Crippen molar-refractivity contribution >= 4 is 60.2 Å². The van der Waals surface area contributed by atoms with Crippen LogP contribution in [0.15, 0.2) is 212 Å².